The Bertz CT molecular complexity index is 1060. The van der Waals surface area contributed by atoms with E-state index in [1.165, 1.54) is 30.5 Å². The average molecular weight is 448 g/mol. The maximum atomic E-state index is 13.1. The lowest BCUT2D eigenvalue weighted by Crippen LogP contribution is -2.20. The molecule has 0 spiro atoms. The fraction of sp³-hybridized carbons (Fsp3) is 0.190. The fourth-order valence-electron chi connectivity index (χ4n) is 2.76. The zero-order valence-electron chi connectivity index (χ0n) is 16.4. The van der Waals surface area contributed by atoms with Gasteiger partial charge in [-0.25, -0.2) is 4.98 Å². The molecule has 0 saturated carbocycles. The first-order valence-corrected chi connectivity index (χ1v) is 10.1. The Morgan fingerprint density at radius 1 is 1.06 bits per heavy atom. The first-order valence-electron chi connectivity index (χ1n) is 9.21. The average Bonchev–Trinajstić information content (AvgIpc) is 3.18. The minimum atomic E-state index is -4.42. The Balaban J connectivity index is 1.59. The van der Waals surface area contributed by atoms with Crippen molar-refractivity contribution in [3.8, 4) is 0 Å². The van der Waals surface area contributed by atoms with Crippen molar-refractivity contribution in [3.05, 3.63) is 76.3 Å². The number of benzene rings is 2. The number of aromatic nitrogens is 1. The highest BCUT2D eigenvalue weighted by molar-refractivity contribution is 7.14. The van der Waals surface area contributed by atoms with Gasteiger partial charge in [-0.15, -0.1) is 11.3 Å². The standard InChI is InChI=1S/C21H19F3N4O2S/c1-25-18(29)10-16-12-31-20(27-16)28-19(30)13-6-8-15(9-7-13)26-11-14-4-2-3-5-17(14)21(22,23)24/h2-9,12,26H,10-11H2,1H3,(H,25,29)(H,27,28,30). The van der Waals surface area contributed by atoms with Crippen molar-refractivity contribution in [1.29, 1.82) is 0 Å². The Morgan fingerprint density at radius 3 is 2.45 bits per heavy atom. The summed E-state index contributed by atoms with van der Waals surface area (Å²) in [6.07, 6.45) is -4.29. The van der Waals surface area contributed by atoms with Gasteiger partial charge in [-0.2, -0.15) is 13.2 Å². The maximum absolute atomic E-state index is 13.1. The Morgan fingerprint density at radius 2 is 1.77 bits per heavy atom. The van der Waals surface area contributed by atoms with Crippen LogP contribution in [0.1, 0.15) is 27.2 Å². The topological polar surface area (TPSA) is 83.1 Å². The van der Waals surface area contributed by atoms with E-state index in [2.05, 4.69) is 20.9 Å². The van der Waals surface area contributed by atoms with Gasteiger partial charge in [-0.3, -0.25) is 14.9 Å². The summed E-state index contributed by atoms with van der Waals surface area (Å²) in [7, 11) is 1.53. The van der Waals surface area contributed by atoms with Gasteiger partial charge in [0.1, 0.15) is 0 Å². The highest BCUT2D eigenvalue weighted by Gasteiger charge is 2.32. The Labute approximate surface area is 180 Å². The Hall–Kier alpha value is -3.40. The second-order valence-corrected chi connectivity index (χ2v) is 7.39. The zero-order chi connectivity index (χ0) is 22.4. The summed E-state index contributed by atoms with van der Waals surface area (Å²) in [6.45, 7) is -0.00550. The lowest BCUT2D eigenvalue weighted by atomic mass is 10.1. The maximum Gasteiger partial charge on any atom is 0.416 e. The number of rotatable bonds is 7. The summed E-state index contributed by atoms with van der Waals surface area (Å²) in [5.41, 5.74) is 0.948. The molecule has 10 heteroatoms. The summed E-state index contributed by atoms with van der Waals surface area (Å²) < 4.78 is 39.2. The molecule has 2 amide bonds. The van der Waals surface area contributed by atoms with E-state index in [-0.39, 0.29) is 30.3 Å². The highest BCUT2D eigenvalue weighted by atomic mass is 32.1. The molecule has 6 nitrogen and oxygen atoms in total. The Kier molecular flexibility index (Phi) is 6.91. The predicted molar refractivity (Wildman–Crippen MR) is 113 cm³/mol. The van der Waals surface area contributed by atoms with Crippen LogP contribution in [0.2, 0.25) is 0 Å². The van der Waals surface area contributed by atoms with Crippen molar-refractivity contribution in [1.82, 2.24) is 10.3 Å². The monoisotopic (exact) mass is 448 g/mol. The van der Waals surface area contributed by atoms with Gasteiger partial charge in [0.2, 0.25) is 5.91 Å². The van der Waals surface area contributed by atoms with Crippen molar-refractivity contribution >= 4 is 34.0 Å². The number of anilines is 2. The number of likely N-dealkylation sites (N-methyl/N-ethyl adjacent to an activating group) is 1. The predicted octanol–water partition coefficient (Wildman–Crippen LogP) is 4.31. The van der Waals surface area contributed by atoms with Crippen LogP contribution in [0, 0.1) is 0 Å². The molecule has 0 aliphatic carbocycles. The first kappa shape index (κ1) is 22.3. The molecule has 1 heterocycles. The lowest BCUT2D eigenvalue weighted by molar-refractivity contribution is -0.138. The molecule has 162 valence electrons. The second kappa shape index (κ2) is 9.61. The molecular formula is C21H19F3N4O2S. The normalized spacial score (nSPS) is 11.1. The zero-order valence-corrected chi connectivity index (χ0v) is 17.2. The SMILES string of the molecule is CNC(=O)Cc1csc(NC(=O)c2ccc(NCc3ccccc3C(F)(F)F)cc2)n1. The van der Waals surface area contributed by atoms with Crippen molar-refractivity contribution in [2.75, 3.05) is 17.7 Å². The molecule has 3 N–H and O–H groups in total. The van der Waals surface area contributed by atoms with E-state index in [1.807, 2.05) is 0 Å². The third kappa shape index (κ3) is 6.05. The number of carbonyl (C=O) groups excluding carboxylic acids is 2. The van der Waals surface area contributed by atoms with Crippen LogP contribution in [0.15, 0.2) is 53.9 Å². The van der Waals surface area contributed by atoms with Gasteiger partial charge >= 0.3 is 6.18 Å². The first-order chi connectivity index (χ1) is 14.8. The number of amides is 2. The van der Waals surface area contributed by atoms with E-state index >= 15 is 0 Å². The van der Waals surface area contributed by atoms with Gasteiger partial charge in [-0.1, -0.05) is 18.2 Å². The molecule has 0 unspecified atom stereocenters. The van der Waals surface area contributed by atoms with Gasteiger partial charge in [-0.05, 0) is 35.9 Å². The summed E-state index contributed by atoms with van der Waals surface area (Å²) in [4.78, 5) is 28.0. The highest BCUT2D eigenvalue weighted by Crippen LogP contribution is 2.32. The number of thiazole rings is 1. The molecular weight excluding hydrogens is 429 g/mol. The molecule has 3 rings (SSSR count). The van der Waals surface area contributed by atoms with Gasteiger partial charge in [0, 0.05) is 30.2 Å². The van der Waals surface area contributed by atoms with Crippen LogP contribution in [0.4, 0.5) is 24.0 Å². The number of alkyl halides is 3. The third-order valence-corrected chi connectivity index (χ3v) is 5.15. The molecule has 0 aliphatic rings. The molecule has 1 aromatic heterocycles. The van der Waals surface area contributed by atoms with Crippen LogP contribution < -0.4 is 16.0 Å². The molecule has 2 aromatic carbocycles. The van der Waals surface area contributed by atoms with Crippen molar-refractivity contribution in [3.63, 3.8) is 0 Å². The van der Waals surface area contributed by atoms with Crippen molar-refractivity contribution < 1.29 is 22.8 Å². The molecule has 0 radical (unpaired) electrons. The molecule has 3 aromatic rings. The molecule has 0 saturated heterocycles. The van der Waals surface area contributed by atoms with Gasteiger partial charge in [0.25, 0.3) is 5.91 Å². The largest absolute Gasteiger partial charge is 0.416 e. The number of nitrogens with one attached hydrogen (secondary N) is 3. The summed E-state index contributed by atoms with van der Waals surface area (Å²) >= 11 is 1.21. The fourth-order valence-corrected chi connectivity index (χ4v) is 3.46. The van der Waals surface area contributed by atoms with Gasteiger partial charge < -0.3 is 10.6 Å². The summed E-state index contributed by atoms with van der Waals surface area (Å²) in [5.74, 6) is -0.557. The van der Waals surface area contributed by atoms with Crippen LogP contribution in [0.3, 0.4) is 0 Å². The van der Waals surface area contributed by atoms with Crippen LogP contribution in [0.5, 0.6) is 0 Å². The number of hydrogen-bond acceptors (Lipinski definition) is 5. The van der Waals surface area contributed by atoms with Gasteiger partial charge in [0.05, 0.1) is 17.7 Å². The van der Waals surface area contributed by atoms with E-state index in [0.717, 1.165) is 6.07 Å². The van der Waals surface area contributed by atoms with Gasteiger partial charge in [0.15, 0.2) is 5.13 Å². The van der Waals surface area contributed by atoms with Crippen LogP contribution in [0.25, 0.3) is 0 Å². The van der Waals surface area contributed by atoms with Crippen molar-refractivity contribution in [2.45, 2.75) is 19.1 Å². The number of halogens is 3. The quantitative estimate of drug-likeness (QED) is 0.503. The second-order valence-electron chi connectivity index (χ2n) is 6.53. The smallest absolute Gasteiger partial charge is 0.381 e. The molecule has 0 bridgehead atoms. The van der Waals surface area contributed by atoms with Crippen LogP contribution >= 0.6 is 11.3 Å². The number of hydrogen-bond donors (Lipinski definition) is 3. The van der Waals surface area contributed by atoms with E-state index in [1.54, 1.807) is 35.7 Å². The number of nitrogens with zero attached hydrogens (tertiary/aromatic N) is 1. The van der Waals surface area contributed by atoms with Crippen molar-refractivity contribution in [2.24, 2.45) is 0 Å². The lowest BCUT2D eigenvalue weighted by Gasteiger charge is -2.14. The molecule has 0 fully saturated rings. The van der Waals surface area contributed by atoms with E-state index in [9.17, 15) is 22.8 Å². The summed E-state index contributed by atoms with van der Waals surface area (Å²) in [5, 5.41) is 10.2. The molecule has 0 aliphatic heterocycles. The van der Waals surface area contributed by atoms with Crippen LogP contribution in [-0.2, 0) is 23.9 Å². The number of carbonyl (C=O) groups is 2. The van der Waals surface area contributed by atoms with E-state index < -0.39 is 11.7 Å². The van der Waals surface area contributed by atoms with Crippen LogP contribution in [-0.4, -0.2) is 23.8 Å². The molecule has 31 heavy (non-hydrogen) atoms. The minimum absolute atomic E-state index is 0.00550. The molecule has 0 atom stereocenters. The van der Waals surface area contributed by atoms with E-state index in [4.69, 9.17) is 0 Å². The van der Waals surface area contributed by atoms with E-state index in [0.29, 0.717) is 22.1 Å². The minimum Gasteiger partial charge on any atom is -0.381 e. The third-order valence-electron chi connectivity index (χ3n) is 4.35. The summed E-state index contributed by atoms with van der Waals surface area (Å²) in [6, 6.07) is 11.7.